The summed E-state index contributed by atoms with van der Waals surface area (Å²) >= 11 is 0. The first kappa shape index (κ1) is 17.7. The molecule has 0 aromatic heterocycles. The summed E-state index contributed by atoms with van der Waals surface area (Å²) in [6.07, 6.45) is -4.77. The van der Waals surface area contributed by atoms with Crippen LogP contribution in [0.5, 0.6) is 0 Å². The molecule has 0 rings (SSSR count). The number of carboxylic acids is 1. The molecule has 0 spiro atoms. The van der Waals surface area contributed by atoms with Crippen molar-refractivity contribution in [2.45, 2.75) is 40.3 Å². The normalized spacial score (nSPS) is 18.3. The van der Waals surface area contributed by atoms with Gasteiger partial charge < -0.3 is 9.84 Å². The molecular weight excluding hydrogens is 265 g/mol. The summed E-state index contributed by atoms with van der Waals surface area (Å²) in [5, 5.41) is 9.07. The van der Waals surface area contributed by atoms with E-state index in [1.807, 2.05) is 0 Å². The van der Waals surface area contributed by atoms with Crippen molar-refractivity contribution in [3.63, 3.8) is 0 Å². The average Bonchev–Trinajstić information content (AvgIpc) is 2.27. The fraction of sp³-hybridized carbons (Fsp3) is 0.833. The lowest BCUT2D eigenvalue weighted by atomic mass is 9.67. The second kappa shape index (κ2) is 6.25. The number of carbonyl (C=O) groups is 2. The first-order chi connectivity index (χ1) is 8.53. The molecule has 0 fully saturated rings. The third kappa shape index (κ3) is 3.61. The number of halogens is 3. The molecule has 0 bridgehead atoms. The van der Waals surface area contributed by atoms with Crippen molar-refractivity contribution in [3.05, 3.63) is 0 Å². The molecule has 0 saturated heterocycles. The highest BCUT2D eigenvalue weighted by atomic mass is 19.4. The maximum atomic E-state index is 12.9. The number of hydrogen-bond donors (Lipinski definition) is 1. The minimum absolute atomic E-state index is 0.0922. The number of esters is 1. The molecule has 3 unspecified atom stereocenters. The van der Waals surface area contributed by atoms with Crippen LogP contribution in [0.1, 0.15) is 34.1 Å². The van der Waals surface area contributed by atoms with Gasteiger partial charge in [0.05, 0.1) is 23.9 Å². The lowest BCUT2D eigenvalue weighted by Crippen LogP contribution is -2.50. The predicted octanol–water partition coefficient (Wildman–Crippen LogP) is 2.87. The Bertz CT molecular complexity index is 340. The van der Waals surface area contributed by atoms with Gasteiger partial charge in [-0.3, -0.25) is 9.59 Å². The Hall–Kier alpha value is -1.27. The van der Waals surface area contributed by atoms with Gasteiger partial charge in [0.1, 0.15) is 0 Å². The van der Waals surface area contributed by atoms with Gasteiger partial charge in [0, 0.05) is 0 Å². The number of alkyl halides is 3. The molecule has 7 heteroatoms. The second-order valence-electron chi connectivity index (χ2n) is 4.57. The van der Waals surface area contributed by atoms with Crippen molar-refractivity contribution in [1.82, 2.24) is 0 Å². The summed E-state index contributed by atoms with van der Waals surface area (Å²) in [6, 6.07) is 0. The summed E-state index contributed by atoms with van der Waals surface area (Å²) in [4.78, 5) is 23.0. The molecule has 0 aromatic rings. The van der Waals surface area contributed by atoms with E-state index >= 15 is 0 Å². The lowest BCUT2D eigenvalue weighted by Gasteiger charge is -2.38. The number of carboxylic acid groups (broad SMARTS) is 1. The number of rotatable bonds is 6. The quantitative estimate of drug-likeness (QED) is 0.762. The average molecular weight is 284 g/mol. The van der Waals surface area contributed by atoms with Crippen LogP contribution in [0.4, 0.5) is 13.2 Å². The van der Waals surface area contributed by atoms with E-state index in [9.17, 15) is 22.8 Å². The molecule has 0 radical (unpaired) electrons. The Labute approximate surface area is 109 Å². The molecule has 0 heterocycles. The van der Waals surface area contributed by atoms with Crippen molar-refractivity contribution >= 4 is 11.9 Å². The standard InChI is InChI=1S/C12H19F3O4/c1-5-8(9(16)17)11(4,10(18)19-6-2)7(3)12(13,14)15/h7-8H,5-6H2,1-4H3,(H,16,17). The minimum Gasteiger partial charge on any atom is -0.481 e. The largest absolute Gasteiger partial charge is 0.481 e. The molecule has 112 valence electrons. The Balaban J connectivity index is 5.72. The third-order valence-electron chi connectivity index (χ3n) is 3.54. The van der Waals surface area contributed by atoms with Crippen molar-refractivity contribution in [2.24, 2.45) is 17.3 Å². The van der Waals surface area contributed by atoms with Gasteiger partial charge in [0.25, 0.3) is 0 Å². The molecule has 0 saturated carbocycles. The van der Waals surface area contributed by atoms with Crippen molar-refractivity contribution in [1.29, 1.82) is 0 Å². The topological polar surface area (TPSA) is 63.6 Å². The van der Waals surface area contributed by atoms with Gasteiger partial charge in [-0.15, -0.1) is 0 Å². The van der Waals surface area contributed by atoms with E-state index in [4.69, 9.17) is 5.11 Å². The number of ether oxygens (including phenoxy) is 1. The maximum absolute atomic E-state index is 12.9. The highest BCUT2D eigenvalue weighted by molar-refractivity contribution is 5.84. The Kier molecular flexibility index (Phi) is 5.83. The molecule has 4 nitrogen and oxygen atoms in total. The van der Waals surface area contributed by atoms with Gasteiger partial charge in [-0.25, -0.2) is 0 Å². The molecule has 0 amide bonds. The maximum Gasteiger partial charge on any atom is 0.392 e. The molecule has 0 aliphatic rings. The van der Waals surface area contributed by atoms with Gasteiger partial charge in [-0.05, 0) is 20.3 Å². The summed E-state index contributed by atoms with van der Waals surface area (Å²) in [6.45, 7) is 4.60. The highest BCUT2D eigenvalue weighted by Crippen LogP contribution is 2.46. The second-order valence-corrected chi connectivity index (χ2v) is 4.57. The number of aliphatic carboxylic acids is 1. The zero-order valence-corrected chi connectivity index (χ0v) is 11.4. The van der Waals surface area contributed by atoms with E-state index in [0.29, 0.717) is 0 Å². The lowest BCUT2D eigenvalue weighted by molar-refractivity contribution is -0.220. The van der Waals surface area contributed by atoms with E-state index in [2.05, 4.69) is 4.74 Å². The van der Waals surface area contributed by atoms with Crippen LogP contribution >= 0.6 is 0 Å². The van der Waals surface area contributed by atoms with Crippen LogP contribution in [0, 0.1) is 17.3 Å². The molecule has 0 aliphatic heterocycles. The van der Waals surface area contributed by atoms with Crippen LogP contribution in [0.25, 0.3) is 0 Å². The molecule has 0 aromatic carbocycles. The van der Waals surface area contributed by atoms with E-state index in [1.54, 1.807) is 0 Å². The van der Waals surface area contributed by atoms with Crippen LogP contribution in [0.2, 0.25) is 0 Å². The number of carbonyl (C=O) groups excluding carboxylic acids is 1. The van der Waals surface area contributed by atoms with Gasteiger partial charge >= 0.3 is 18.1 Å². The van der Waals surface area contributed by atoms with Crippen LogP contribution in [0.15, 0.2) is 0 Å². The van der Waals surface area contributed by atoms with Gasteiger partial charge in [-0.1, -0.05) is 13.8 Å². The van der Waals surface area contributed by atoms with Crippen LogP contribution in [0.3, 0.4) is 0 Å². The zero-order chi connectivity index (χ0) is 15.4. The highest BCUT2D eigenvalue weighted by Gasteiger charge is 2.58. The van der Waals surface area contributed by atoms with Crippen molar-refractivity contribution in [3.8, 4) is 0 Å². The summed E-state index contributed by atoms with van der Waals surface area (Å²) < 4.78 is 43.4. The van der Waals surface area contributed by atoms with Crippen LogP contribution < -0.4 is 0 Å². The van der Waals surface area contributed by atoms with E-state index in [1.165, 1.54) is 13.8 Å². The molecule has 0 aliphatic carbocycles. The van der Waals surface area contributed by atoms with Gasteiger partial charge in [-0.2, -0.15) is 13.2 Å². The van der Waals surface area contributed by atoms with Crippen LogP contribution in [-0.4, -0.2) is 29.8 Å². The molecule has 1 N–H and O–H groups in total. The number of hydrogen-bond acceptors (Lipinski definition) is 3. The van der Waals surface area contributed by atoms with Gasteiger partial charge in [0.15, 0.2) is 0 Å². The Morgan fingerprint density at radius 1 is 1.26 bits per heavy atom. The summed E-state index contributed by atoms with van der Waals surface area (Å²) in [5.74, 6) is -6.13. The van der Waals surface area contributed by atoms with Crippen LogP contribution in [-0.2, 0) is 14.3 Å². The fourth-order valence-corrected chi connectivity index (χ4v) is 2.10. The summed E-state index contributed by atoms with van der Waals surface area (Å²) in [5.41, 5.74) is -2.14. The van der Waals surface area contributed by atoms with E-state index in [0.717, 1.165) is 13.8 Å². The monoisotopic (exact) mass is 284 g/mol. The zero-order valence-electron chi connectivity index (χ0n) is 11.4. The minimum atomic E-state index is -4.68. The predicted molar refractivity (Wildman–Crippen MR) is 61.4 cm³/mol. The SMILES string of the molecule is CCOC(=O)C(C)(C(CC)C(=O)O)C(C)C(F)(F)F. The van der Waals surface area contributed by atoms with Crippen molar-refractivity contribution in [2.75, 3.05) is 6.61 Å². The first-order valence-electron chi connectivity index (χ1n) is 6.00. The Morgan fingerprint density at radius 2 is 1.74 bits per heavy atom. The van der Waals surface area contributed by atoms with E-state index in [-0.39, 0.29) is 13.0 Å². The Morgan fingerprint density at radius 3 is 2.00 bits per heavy atom. The summed E-state index contributed by atoms with van der Waals surface area (Å²) in [7, 11) is 0. The molecule has 19 heavy (non-hydrogen) atoms. The van der Waals surface area contributed by atoms with Gasteiger partial charge in [0.2, 0.25) is 0 Å². The molecular formula is C12H19F3O4. The fourth-order valence-electron chi connectivity index (χ4n) is 2.10. The first-order valence-corrected chi connectivity index (χ1v) is 6.00. The van der Waals surface area contributed by atoms with E-state index < -0.39 is 35.4 Å². The smallest absolute Gasteiger partial charge is 0.392 e. The van der Waals surface area contributed by atoms with Crippen molar-refractivity contribution < 1.29 is 32.6 Å². The molecule has 3 atom stereocenters. The third-order valence-corrected chi connectivity index (χ3v) is 3.54.